The summed E-state index contributed by atoms with van der Waals surface area (Å²) >= 11 is 12.1. The number of amides is 1. The molecule has 188 valence electrons. The number of carbonyl (C=O) groups is 1. The largest absolute Gasteiger partial charge is 0.489 e. The summed E-state index contributed by atoms with van der Waals surface area (Å²) in [6.07, 6.45) is 3.48. The van der Waals surface area contributed by atoms with E-state index < -0.39 is 0 Å². The quantitative estimate of drug-likeness (QED) is 0.167. The van der Waals surface area contributed by atoms with Crippen molar-refractivity contribution in [2.24, 2.45) is 5.10 Å². The number of para-hydroxylation sites is 1. The second kappa shape index (κ2) is 11.8. The Kier molecular flexibility index (Phi) is 7.83. The van der Waals surface area contributed by atoms with Gasteiger partial charge in [0.25, 0.3) is 5.91 Å². The van der Waals surface area contributed by atoms with Crippen LogP contribution in [0.5, 0.6) is 5.75 Å². The van der Waals surface area contributed by atoms with Crippen LogP contribution in [-0.4, -0.2) is 21.9 Å². The van der Waals surface area contributed by atoms with Gasteiger partial charge in [0, 0.05) is 38.5 Å². The molecule has 1 aromatic heterocycles. The van der Waals surface area contributed by atoms with Crippen LogP contribution in [0.2, 0.25) is 10.0 Å². The molecule has 0 aliphatic rings. The monoisotopic (exact) mass is 540 g/mol. The molecule has 0 aliphatic carbocycles. The van der Waals surface area contributed by atoms with Crippen LogP contribution in [0, 0.1) is 0 Å². The SMILES string of the molecule is O=C(N/N=C/c1cn(-c2ccccc2)nc1-c1ccccc1)c1ccc(OCc2ccc(Cl)cc2Cl)cc1. The summed E-state index contributed by atoms with van der Waals surface area (Å²) in [5, 5.41) is 10.0. The third-order valence-electron chi connectivity index (χ3n) is 5.71. The highest BCUT2D eigenvalue weighted by atomic mass is 35.5. The maximum absolute atomic E-state index is 12.7. The first kappa shape index (κ1) is 25.3. The van der Waals surface area contributed by atoms with E-state index in [2.05, 4.69) is 10.5 Å². The molecule has 1 heterocycles. The number of aromatic nitrogens is 2. The smallest absolute Gasteiger partial charge is 0.271 e. The second-order valence-electron chi connectivity index (χ2n) is 8.33. The fourth-order valence-electron chi connectivity index (χ4n) is 3.74. The number of halogens is 2. The summed E-state index contributed by atoms with van der Waals surface area (Å²) in [6.45, 7) is 0.284. The van der Waals surface area contributed by atoms with Crippen LogP contribution < -0.4 is 10.2 Å². The second-order valence-corrected chi connectivity index (χ2v) is 9.17. The number of nitrogens with zero attached hydrogens (tertiary/aromatic N) is 3. The van der Waals surface area contributed by atoms with E-state index in [0.717, 1.165) is 28.1 Å². The van der Waals surface area contributed by atoms with Gasteiger partial charge in [0.2, 0.25) is 0 Å². The zero-order valence-corrected chi connectivity index (χ0v) is 21.6. The molecule has 0 radical (unpaired) electrons. The number of hydrogen-bond donors (Lipinski definition) is 1. The molecule has 5 rings (SSSR count). The van der Waals surface area contributed by atoms with Gasteiger partial charge in [-0.15, -0.1) is 0 Å². The van der Waals surface area contributed by atoms with Gasteiger partial charge in [0.1, 0.15) is 18.1 Å². The average Bonchev–Trinajstić information content (AvgIpc) is 3.38. The first-order valence-corrected chi connectivity index (χ1v) is 12.5. The summed E-state index contributed by atoms with van der Waals surface area (Å²) in [6, 6.07) is 31.7. The molecule has 4 aromatic carbocycles. The third kappa shape index (κ3) is 6.11. The number of benzene rings is 4. The van der Waals surface area contributed by atoms with Crippen LogP contribution >= 0.6 is 23.2 Å². The van der Waals surface area contributed by atoms with Crippen molar-refractivity contribution in [3.8, 4) is 22.7 Å². The number of carbonyl (C=O) groups excluding carboxylic acids is 1. The summed E-state index contributed by atoms with van der Waals surface area (Å²) in [4.78, 5) is 12.7. The minimum atomic E-state index is -0.342. The number of hydrazone groups is 1. The first-order chi connectivity index (χ1) is 18.6. The predicted molar refractivity (Wildman–Crippen MR) is 151 cm³/mol. The number of nitrogens with one attached hydrogen (secondary N) is 1. The maximum atomic E-state index is 12.7. The van der Waals surface area contributed by atoms with Crippen LogP contribution in [0.15, 0.2) is 114 Å². The highest BCUT2D eigenvalue weighted by molar-refractivity contribution is 6.35. The van der Waals surface area contributed by atoms with Crippen molar-refractivity contribution in [3.05, 3.63) is 136 Å². The van der Waals surface area contributed by atoms with E-state index >= 15 is 0 Å². The van der Waals surface area contributed by atoms with Crippen molar-refractivity contribution in [2.75, 3.05) is 0 Å². The van der Waals surface area contributed by atoms with E-state index in [1.54, 1.807) is 47.3 Å². The van der Waals surface area contributed by atoms with E-state index in [0.29, 0.717) is 21.4 Å². The van der Waals surface area contributed by atoms with Gasteiger partial charge in [-0.05, 0) is 48.5 Å². The lowest BCUT2D eigenvalue weighted by atomic mass is 10.1. The topological polar surface area (TPSA) is 68.5 Å². The Bertz CT molecular complexity index is 1570. The molecule has 0 saturated carbocycles. The lowest BCUT2D eigenvalue weighted by Crippen LogP contribution is -2.17. The number of rotatable bonds is 8. The van der Waals surface area contributed by atoms with Crippen molar-refractivity contribution in [3.63, 3.8) is 0 Å². The Labute approximate surface area is 230 Å². The van der Waals surface area contributed by atoms with Crippen molar-refractivity contribution < 1.29 is 9.53 Å². The van der Waals surface area contributed by atoms with Crippen molar-refractivity contribution in [2.45, 2.75) is 6.61 Å². The molecular weight excluding hydrogens is 519 g/mol. The van der Waals surface area contributed by atoms with Gasteiger partial charge in [0.15, 0.2) is 0 Å². The molecular formula is C30H22Cl2N4O2. The average molecular weight is 541 g/mol. The van der Waals surface area contributed by atoms with E-state index in [9.17, 15) is 4.79 Å². The normalized spacial score (nSPS) is 11.0. The summed E-state index contributed by atoms with van der Waals surface area (Å²) < 4.78 is 7.58. The van der Waals surface area contributed by atoms with Gasteiger partial charge >= 0.3 is 0 Å². The van der Waals surface area contributed by atoms with Gasteiger partial charge in [-0.25, -0.2) is 10.1 Å². The molecule has 1 N–H and O–H groups in total. The van der Waals surface area contributed by atoms with Crippen LogP contribution in [0.1, 0.15) is 21.5 Å². The molecule has 38 heavy (non-hydrogen) atoms. The Balaban J connectivity index is 1.26. The van der Waals surface area contributed by atoms with Crippen molar-refractivity contribution >= 4 is 35.3 Å². The molecule has 0 atom stereocenters. The highest BCUT2D eigenvalue weighted by Crippen LogP contribution is 2.24. The van der Waals surface area contributed by atoms with Gasteiger partial charge in [-0.2, -0.15) is 10.2 Å². The minimum Gasteiger partial charge on any atom is -0.489 e. The summed E-state index contributed by atoms with van der Waals surface area (Å²) in [5.74, 6) is 0.266. The van der Waals surface area contributed by atoms with Crippen LogP contribution in [-0.2, 0) is 6.61 Å². The Hall–Kier alpha value is -4.39. The maximum Gasteiger partial charge on any atom is 0.271 e. The molecule has 0 saturated heterocycles. The van der Waals surface area contributed by atoms with Gasteiger partial charge in [-0.1, -0.05) is 77.8 Å². The van der Waals surface area contributed by atoms with Crippen molar-refractivity contribution in [1.82, 2.24) is 15.2 Å². The van der Waals surface area contributed by atoms with E-state index in [4.69, 9.17) is 33.0 Å². The fraction of sp³-hybridized carbons (Fsp3) is 0.0333. The first-order valence-electron chi connectivity index (χ1n) is 11.8. The molecule has 8 heteroatoms. The standard InChI is InChI=1S/C30H22Cl2N4O2/c31-25-14-11-23(28(32)17-25)20-38-27-15-12-22(13-16-27)30(37)34-33-18-24-19-36(26-9-5-2-6-10-26)35-29(24)21-7-3-1-4-8-21/h1-19H,20H2,(H,34,37)/b33-18+. The lowest BCUT2D eigenvalue weighted by Gasteiger charge is -2.08. The lowest BCUT2D eigenvalue weighted by molar-refractivity contribution is 0.0955. The molecule has 5 aromatic rings. The molecule has 0 fully saturated rings. The van der Waals surface area contributed by atoms with Gasteiger partial charge < -0.3 is 4.74 Å². The number of hydrogen-bond acceptors (Lipinski definition) is 4. The molecule has 0 aliphatic heterocycles. The summed E-state index contributed by atoms with van der Waals surface area (Å²) in [7, 11) is 0. The zero-order valence-electron chi connectivity index (χ0n) is 20.1. The van der Waals surface area contributed by atoms with Gasteiger partial charge in [0.05, 0.1) is 11.9 Å². The van der Waals surface area contributed by atoms with Crippen LogP contribution in [0.4, 0.5) is 0 Å². The van der Waals surface area contributed by atoms with Crippen LogP contribution in [0.3, 0.4) is 0 Å². The molecule has 0 spiro atoms. The minimum absolute atomic E-state index is 0.284. The Morgan fingerprint density at radius 1 is 0.921 bits per heavy atom. The molecule has 1 amide bonds. The van der Waals surface area contributed by atoms with Crippen molar-refractivity contribution in [1.29, 1.82) is 0 Å². The van der Waals surface area contributed by atoms with E-state index in [-0.39, 0.29) is 12.5 Å². The van der Waals surface area contributed by atoms with E-state index in [1.165, 1.54) is 0 Å². The molecule has 6 nitrogen and oxygen atoms in total. The zero-order chi connectivity index (χ0) is 26.3. The Morgan fingerprint density at radius 2 is 1.63 bits per heavy atom. The van der Waals surface area contributed by atoms with E-state index in [1.807, 2.05) is 72.9 Å². The number of ether oxygens (including phenoxy) is 1. The predicted octanol–water partition coefficient (Wildman–Crippen LogP) is 7.19. The van der Waals surface area contributed by atoms with Gasteiger partial charge in [-0.3, -0.25) is 4.79 Å². The highest BCUT2D eigenvalue weighted by Gasteiger charge is 2.11. The van der Waals surface area contributed by atoms with Crippen LogP contribution in [0.25, 0.3) is 16.9 Å². The third-order valence-corrected chi connectivity index (χ3v) is 6.29. The summed E-state index contributed by atoms with van der Waals surface area (Å²) in [5.41, 5.74) is 7.25. The molecule has 0 bridgehead atoms. The molecule has 0 unspecified atom stereocenters. The Morgan fingerprint density at radius 3 is 2.34 bits per heavy atom. The fourth-order valence-corrected chi connectivity index (χ4v) is 4.21.